The quantitative estimate of drug-likeness (QED) is 0.556. The lowest BCUT2D eigenvalue weighted by Crippen LogP contribution is -2.31. The summed E-state index contributed by atoms with van der Waals surface area (Å²) in [6.45, 7) is 5.32. The van der Waals surface area contributed by atoms with E-state index in [9.17, 15) is 4.39 Å². The number of hydrogen-bond acceptors (Lipinski definition) is 1. The fourth-order valence-electron chi connectivity index (χ4n) is 2.67. The average Bonchev–Trinajstić information content (AvgIpc) is 2.45. The second-order valence-corrected chi connectivity index (χ2v) is 5.61. The molecule has 0 amide bonds. The number of unbranched alkanes of at least 4 members (excludes halogenated alkanes) is 5. The minimum absolute atomic E-state index is 0.0710. The molecule has 114 valence electrons. The van der Waals surface area contributed by atoms with Crippen molar-refractivity contribution in [2.75, 3.05) is 6.54 Å². The van der Waals surface area contributed by atoms with E-state index in [1.807, 2.05) is 12.1 Å². The highest BCUT2D eigenvalue weighted by Crippen LogP contribution is 2.14. The van der Waals surface area contributed by atoms with Crippen molar-refractivity contribution in [1.29, 1.82) is 0 Å². The lowest BCUT2D eigenvalue weighted by molar-refractivity contribution is 0.452. The van der Waals surface area contributed by atoms with E-state index in [0.29, 0.717) is 6.04 Å². The molecule has 0 aliphatic carbocycles. The summed E-state index contributed by atoms with van der Waals surface area (Å²) in [5.41, 5.74) is 0.837. The lowest BCUT2D eigenvalue weighted by Gasteiger charge is -2.18. The fourth-order valence-corrected chi connectivity index (χ4v) is 2.67. The SMILES string of the molecule is CCCCCCCCC(Cc1ccccc1F)NCC. The van der Waals surface area contributed by atoms with Crippen LogP contribution >= 0.6 is 0 Å². The minimum atomic E-state index is -0.0710. The Morgan fingerprint density at radius 3 is 2.40 bits per heavy atom. The van der Waals surface area contributed by atoms with Gasteiger partial charge in [0.25, 0.3) is 0 Å². The maximum absolute atomic E-state index is 13.7. The molecule has 0 aromatic heterocycles. The molecule has 0 fully saturated rings. The van der Waals surface area contributed by atoms with Gasteiger partial charge in [0.2, 0.25) is 0 Å². The minimum Gasteiger partial charge on any atom is -0.314 e. The predicted octanol–water partition coefficient (Wildman–Crippen LogP) is 5.10. The van der Waals surface area contributed by atoms with Crippen molar-refractivity contribution in [3.8, 4) is 0 Å². The number of benzene rings is 1. The second-order valence-electron chi connectivity index (χ2n) is 5.61. The van der Waals surface area contributed by atoms with E-state index in [2.05, 4.69) is 19.2 Å². The van der Waals surface area contributed by atoms with E-state index in [0.717, 1.165) is 24.9 Å². The Hall–Kier alpha value is -0.890. The highest BCUT2D eigenvalue weighted by Gasteiger charge is 2.10. The van der Waals surface area contributed by atoms with Gasteiger partial charge < -0.3 is 5.32 Å². The molecule has 1 nitrogen and oxygen atoms in total. The zero-order chi connectivity index (χ0) is 14.6. The van der Waals surface area contributed by atoms with Crippen molar-refractivity contribution >= 4 is 0 Å². The average molecular weight is 279 g/mol. The number of hydrogen-bond donors (Lipinski definition) is 1. The van der Waals surface area contributed by atoms with Gasteiger partial charge in [-0.3, -0.25) is 0 Å². The molecule has 1 atom stereocenters. The van der Waals surface area contributed by atoms with E-state index in [1.165, 1.54) is 38.5 Å². The molecule has 20 heavy (non-hydrogen) atoms. The van der Waals surface area contributed by atoms with Gasteiger partial charge in [0, 0.05) is 6.04 Å². The molecule has 0 heterocycles. The predicted molar refractivity (Wildman–Crippen MR) is 85.6 cm³/mol. The summed E-state index contributed by atoms with van der Waals surface area (Å²) < 4.78 is 13.7. The fraction of sp³-hybridized carbons (Fsp3) is 0.667. The number of halogens is 1. The summed E-state index contributed by atoms with van der Waals surface area (Å²) in [5, 5.41) is 3.49. The molecule has 0 saturated heterocycles. The van der Waals surface area contributed by atoms with Crippen LogP contribution in [0, 0.1) is 5.82 Å². The third kappa shape index (κ3) is 7.04. The summed E-state index contributed by atoms with van der Waals surface area (Å²) in [5.74, 6) is -0.0710. The van der Waals surface area contributed by atoms with Crippen LogP contribution in [-0.2, 0) is 6.42 Å². The van der Waals surface area contributed by atoms with Crippen LogP contribution in [-0.4, -0.2) is 12.6 Å². The van der Waals surface area contributed by atoms with Gasteiger partial charge in [-0.25, -0.2) is 4.39 Å². The number of rotatable bonds is 11. The summed E-state index contributed by atoms with van der Waals surface area (Å²) in [6.07, 6.45) is 9.85. The Kier molecular flexibility index (Phi) is 9.31. The topological polar surface area (TPSA) is 12.0 Å². The molecule has 1 aromatic carbocycles. The standard InChI is InChI=1S/C18H30FN/c1-3-5-6-7-8-9-13-17(20-4-2)15-16-12-10-11-14-18(16)19/h10-12,14,17,20H,3-9,13,15H2,1-2H3. The Balaban J connectivity index is 2.31. The largest absolute Gasteiger partial charge is 0.314 e. The first-order valence-electron chi connectivity index (χ1n) is 8.24. The molecule has 2 heteroatoms. The van der Waals surface area contributed by atoms with Gasteiger partial charge in [0.15, 0.2) is 0 Å². The summed E-state index contributed by atoms with van der Waals surface area (Å²) in [4.78, 5) is 0. The van der Waals surface area contributed by atoms with Gasteiger partial charge in [0.1, 0.15) is 5.82 Å². The van der Waals surface area contributed by atoms with E-state index in [1.54, 1.807) is 12.1 Å². The van der Waals surface area contributed by atoms with E-state index < -0.39 is 0 Å². The van der Waals surface area contributed by atoms with Crippen LogP contribution in [0.2, 0.25) is 0 Å². The molecule has 1 aromatic rings. The van der Waals surface area contributed by atoms with Gasteiger partial charge in [-0.05, 0) is 31.0 Å². The van der Waals surface area contributed by atoms with Crippen molar-refractivity contribution < 1.29 is 4.39 Å². The van der Waals surface area contributed by atoms with Gasteiger partial charge in [-0.1, -0.05) is 70.6 Å². The lowest BCUT2D eigenvalue weighted by atomic mass is 9.99. The summed E-state index contributed by atoms with van der Waals surface area (Å²) in [7, 11) is 0. The van der Waals surface area contributed by atoms with Crippen LogP contribution in [0.1, 0.15) is 64.4 Å². The summed E-state index contributed by atoms with van der Waals surface area (Å²) >= 11 is 0. The van der Waals surface area contributed by atoms with Crippen LogP contribution in [0.4, 0.5) is 4.39 Å². The third-order valence-electron chi connectivity index (χ3n) is 3.82. The number of likely N-dealkylation sites (N-methyl/N-ethyl adjacent to an activating group) is 1. The molecule has 0 aliphatic heterocycles. The Labute approximate surface area is 124 Å². The van der Waals surface area contributed by atoms with Crippen LogP contribution in [0.25, 0.3) is 0 Å². The molecular weight excluding hydrogens is 249 g/mol. The maximum atomic E-state index is 13.7. The van der Waals surface area contributed by atoms with Gasteiger partial charge in [0.05, 0.1) is 0 Å². The van der Waals surface area contributed by atoms with Crippen LogP contribution in [0.15, 0.2) is 24.3 Å². The molecular formula is C18H30FN. The van der Waals surface area contributed by atoms with Crippen molar-refractivity contribution in [2.24, 2.45) is 0 Å². The molecule has 0 saturated carbocycles. The molecule has 0 radical (unpaired) electrons. The van der Waals surface area contributed by atoms with Crippen LogP contribution in [0.5, 0.6) is 0 Å². The van der Waals surface area contributed by atoms with Gasteiger partial charge >= 0.3 is 0 Å². The smallest absolute Gasteiger partial charge is 0.126 e. The molecule has 1 rings (SSSR count). The highest BCUT2D eigenvalue weighted by molar-refractivity contribution is 5.18. The monoisotopic (exact) mass is 279 g/mol. The zero-order valence-corrected chi connectivity index (χ0v) is 13.1. The van der Waals surface area contributed by atoms with Crippen molar-refractivity contribution in [1.82, 2.24) is 5.32 Å². The third-order valence-corrected chi connectivity index (χ3v) is 3.82. The molecule has 1 N–H and O–H groups in total. The second kappa shape index (κ2) is 10.8. The van der Waals surface area contributed by atoms with Gasteiger partial charge in [-0.2, -0.15) is 0 Å². The first kappa shape index (κ1) is 17.2. The molecule has 1 unspecified atom stereocenters. The van der Waals surface area contributed by atoms with Gasteiger partial charge in [-0.15, -0.1) is 0 Å². The van der Waals surface area contributed by atoms with Crippen molar-refractivity contribution in [3.05, 3.63) is 35.6 Å². The van der Waals surface area contributed by atoms with E-state index >= 15 is 0 Å². The normalized spacial score (nSPS) is 12.6. The molecule has 0 spiro atoms. The molecule has 0 aliphatic rings. The Morgan fingerprint density at radius 2 is 1.70 bits per heavy atom. The highest BCUT2D eigenvalue weighted by atomic mass is 19.1. The van der Waals surface area contributed by atoms with Crippen molar-refractivity contribution in [3.63, 3.8) is 0 Å². The number of nitrogens with one attached hydrogen (secondary N) is 1. The molecule has 0 bridgehead atoms. The maximum Gasteiger partial charge on any atom is 0.126 e. The van der Waals surface area contributed by atoms with E-state index in [4.69, 9.17) is 0 Å². The van der Waals surface area contributed by atoms with Crippen LogP contribution < -0.4 is 5.32 Å². The summed E-state index contributed by atoms with van der Waals surface area (Å²) in [6, 6.07) is 7.55. The first-order valence-corrected chi connectivity index (χ1v) is 8.24. The Morgan fingerprint density at radius 1 is 1.00 bits per heavy atom. The van der Waals surface area contributed by atoms with Crippen molar-refractivity contribution in [2.45, 2.75) is 71.3 Å². The zero-order valence-electron chi connectivity index (χ0n) is 13.1. The Bertz CT molecular complexity index is 351. The van der Waals surface area contributed by atoms with Crippen LogP contribution in [0.3, 0.4) is 0 Å². The van der Waals surface area contributed by atoms with E-state index in [-0.39, 0.29) is 5.82 Å². The first-order chi connectivity index (χ1) is 9.77.